The molecule has 0 atom stereocenters. The van der Waals surface area contributed by atoms with Crippen molar-refractivity contribution in [3.8, 4) is 11.3 Å². The summed E-state index contributed by atoms with van der Waals surface area (Å²) in [6.07, 6.45) is 1.55. The lowest BCUT2D eigenvalue weighted by molar-refractivity contribution is -0.655. The second kappa shape index (κ2) is 10.8. The number of hydrogen-bond donors (Lipinski definition) is 4. The normalized spacial score (nSPS) is 11.5. The number of guanidine groups is 1. The zero-order valence-corrected chi connectivity index (χ0v) is 20.9. The monoisotopic (exact) mass is 502 g/mol. The van der Waals surface area contributed by atoms with E-state index in [4.69, 9.17) is 17.2 Å². The molecule has 1 aromatic heterocycles. The van der Waals surface area contributed by atoms with Crippen LogP contribution in [0.3, 0.4) is 0 Å². The molecule has 1 heterocycles. The molecule has 0 fully saturated rings. The van der Waals surface area contributed by atoms with Crippen LogP contribution < -0.4 is 27.2 Å². The number of nitrogens with one attached hydrogen (secondary N) is 1. The van der Waals surface area contributed by atoms with Gasteiger partial charge in [-0.3, -0.25) is 5.43 Å². The molecular formula is C29H28N9+. The minimum Gasteiger partial charge on any atom is -0.399 e. The Kier molecular flexibility index (Phi) is 6.90. The number of pyridine rings is 1. The summed E-state index contributed by atoms with van der Waals surface area (Å²) in [5.41, 5.74) is 26.1. The van der Waals surface area contributed by atoms with Crippen molar-refractivity contribution in [3.05, 3.63) is 96.6 Å². The van der Waals surface area contributed by atoms with E-state index in [9.17, 15) is 0 Å². The van der Waals surface area contributed by atoms with Gasteiger partial charge in [0.1, 0.15) is 6.54 Å². The molecule has 38 heavy (non-hydrogen) atoms. The number of nitrogens with two attached hydrogens (primary N) is 3. The number of nitrogen functional groups attached to an aromatic ring is 1. The second-order valence-electron chi connectivity index (χ2n) is 8.67. The van der Waals surface area contributed by atoms with Gasteiger partial charge in [-0.2, -0.15) is 9.67 Å². The molecule has 0 saturated carbocycles. The molecule has 0 radical (unpaired) electrons. The van der Waals surface area contributed by atoms with Gasteiger partial charge in [0.05, 0.1) is 28.4 Å². The summed E-state index contributed by atoms with van der Waals surface area (Å²) in [6.45, 7) is 2.93. The lowest BCUT2D eigenvalue weighted by atomic mass is 9.98. The van der Waals surface area contributed by atoms with Gasteiger partial charge in [0.2, 0.25) is 17.2 Å². The highest BCUT2D eigenvalue weighted by Crippen LogP contribution is 2.34. The molecule has 0 aliphatic carbocycles. The molecule has 0 unspecified atom stereocenters. The maximum absolute atomic E-state index is 6.18. The molecule has 7 N–H and O–H groups in total. The number of hydrogen-bond acceptors (Lipinski definition) is 5. The van der Waals surface area contributed by atoms with Gasteiger partial charge in [-0.15, -0.1) is 10.2 Å². The first-order valence-corrected chi connectivity index (χ1v) is 12.2. The van der Waals surface area contributed by atoms with Crippen molar-refractivity contribution in [2.24, 2.45) is 32.0 Å². The van der Waals surface area contributed by atoms with E-state index >= 15 is 0 Å². The number of anilines is 2. The highest BCUT2D eigenvalue weighted by atomic mass is 15.4. The van der Waals surface area contributed by atoms with Crippen LogP contribution in [0.4, 0.5) is 17.1 Å². The standard InChI is InChI=1S/C29H27N9/c1-2-38-27-16-21(30)11-13-25(27)24-14-12-23(17-26(24)28(38)20-8-4-3-5-9-20)35-37-34-22-10-6-7-19(15-22)18-33-36-29(31)32/h3-18,30H,2H2,1H3,(H5,31,32,34,35,36)/p+1. The zero-order valence-electron chi connectivity index (χ0n) is 20.9. The van der Waals surface area contributed by atoms with E-state index in [0.717, 1.165) is 62.1 Å². The number of aromatic nitrogens is 1. The van der Waals surface area contributed by atoms with Crippen LogP contribution in [0.15, 0.2) is 112 Å². The van der Waals surface area contributed by atoms with Gasteiger partial charge >= 0.3 is 0 Å². The fourth-order valence-corrected chi connectivity index (χ4v) is 4.52. The van der Waals surface area contributed by atoms with E-state index in [2.05, 4.69) is 67.8 Å². The largest absolute Gasteiger partial charge is 0.399 e. The Morgan fingerprint density at radius 1 is 0.868 bits per heavy atom. The molecule has 9 heteroatoms. The number of fused-ring (bicyclic) bond motifs is 3. The Morgan fingerprint density at radius 3 is 2.47 bits per heavy atom. The van der Waals surface area contributed by atoms with Crippen molar-refractivity contribution in [3.63, 3.8) is 0 Å². The van der Waals surface area contributed by atoms with Crippen molar-refractivity contribution in [1.29, 1.82) is 0 Å². The molecule has 5 aromatic rings. The Hall–Kier alpha value is -5.31. The van der Waals surface area contributed by atoms with Gasteiger partial charge in [-0.25, -0.2) is 0 Å². The predicted molar refractivity (Wildman–Crippen MR) is 155 cm³/mol. The molecular weight excluding hydrogens is 474 g/mol. The van der Waals surface area contributed by atoms with Crippen molar-refractivity contribution < 1.29 is 4.57 Å². The first kappa shape index (κ1) is 24.4. The van der Waals surface area contributed by atoms with Crippen molar-refractivity contribution in [2.75, 3.05) is 11.2 Å². The minimum atomic E-state index is -0.100. The first-order valence-electron chi connectivity index (χ1n) is 12.2. The lowest BCUT2D eigenvalue weighted by Crippen LogP contribution is -2.36. The lowest BCUT2D eigenvalue weighted by Gasteiger charge is -2.12. The van der Waals surface area contributed by atoms with Gasteiger partial charge in [-0.05, 0) is 61.0 Å². The molecule has 4 aromatic carbocycles. The average Bonchev–Trinajstić information content (AvgIpc) is 2.92. The minimum absolute atomic E-state index is 0.100. The Bertz CT molecular complexity index is 1700. The highest BCUT2D eigenvalue weighted by molar-refractivity contribution is 6.10. The molecule has 0 aliphatic rings. The van der Waals surface area contributed by atoms with E-state index in [1.807, 2.05) is 60.7 Å². The molecule has 188 valence electrons. The summed E-state index contributed by atoms with van der Waals surface area (Å²) < 4.78 is 2.30. The van der Waals surface area contributed by atoms with Crippen LogP contribution >= 0.6 is 0 Å². The quantitative estimate of drug-likeness (QED) is 0.0457. The molecule has 0 spiro atoms. The van der Waals surface area contributed by atoms with E-state index < -0.39 is 0 Å². The Morgan fingerprint density at radius 2 is 1.68 bits per heavy atom. The second-order valence-corrected chi connectivity index (χ2v) is 8.67. The van der Waals surface area contributed by atoms with Gasteiger partial charge in [0.25, 0.3) is 0 Å². The Labute approximate surface area is 220 Å². The SMILES string of the molecule is CC[n+]1c(-c2ccccc2)c2cc(N=NNc3cccc(C=NN=C(N)N)c3)ccc2c2ccc(N)cc21. The van der Waals surface area contributed by atoms with Crippen LogP contribution in [0.2, 0.25) is 0 Å². The van der Waals surface area contributed by atoms with Crippen LogP contribution in [-0.2, 0) is 6.54 Å². The van der Waals surface area contributed by atoms with E-state index in [-0.39, 0.29) is 5.96 Å². The Balaban J connectivity index is 1.54. The van der Waals surface area contributed by atoms with Crippen LogP contribution in [-0.4, -0.2) is 12.2 Å². The van der Waals surface area contributed by atoms with E-state index in [1.54, 1.807) is 6.21 Å². The number of rotatable bonds is 7. The molecule has 5 rings (SSSR count). The van der Waals surface area contributed by atoms with Crippen LogP contribution in [0.1, 0.15) is 12.5 Å². The van der Waals surface area contributed by atoms with Crippen LogP contribution in [0.25, 0.3) is 32.9 Å². The fraction of sp³-hybridized carbons (Fsp3) is 0.0690. The van der Waals surface area contributed by atoms with Crippen molar-refractivity contribution in [2.45, 2.75) is 13.5 Å². The number of benzene rings is 4. The van der Waals surface area contributed by atoms with Crippen molar-refractivity contribution in [1.82, 2.24) is 0 Å². The topological polar surface area (TPSA) is 143 Å². The van der Waals surface area contributed by atoms with Gasteiger partial charge in [-0.1, -0.05) is 41.6 Å². The van der Waals surface area contributed by atoms with Gasteiger partial charge < -0.3 is 17.2 Å². The van der Waals surface area contributed by atoms with E-state index in [1.165, 1.54) is 0 Å². The first-order chi connectivity index (χ1) is 18.5. The summed E-state index contributed by atoms with van der Waals surface area (Å²) in [5.74, 6) is -0.100. The fourth-order valence-electron chi connectivity index (χ4n) is 4.52. The number of aryl methyl sites for hydroxylation is 1. The zero-order chi connectivity index (χ0) is 26.5. The summed E-state index contributed by atoms with van der Waals surface area (Å²) in [5, 5.41) is 19.5. The summed E-state index contributed by atoms with van der Waals surface area (Å²) in [7, 11) is 0. The maximum atomic E-state index is 6.18. The third-order valence-electron chi connectivity index (χ3n) is 6.11. The summed E-state index contributed by atoms with van der Waals surface area (Å²) >= 11 is 0. The third-order valence-corrected chi connectivity index (χ3v) is 6.11. The molecule has 0 saturated heterocycles. The van der Waals surface area contributed by atoms with Crippen LogP contribution in [0.5, 0.6) is 0 Å². The molecule has 9 nitrogen and oxygen atoms in total. The van der Waals surface area contributed by atoms with Gasteiger partial charge in [0, 0.05) is 22.7 Å². The van der Waals surface area contributed by atoms with Crippen molar-refractivity contribution >= 4 is 50.9 Å². The number of nitrogens with zero attached hydrogens (tertiary/aromatic N) is 5. The molecule has 0 aliphatic heterocycles. The average molecular weight is 503 g/mol. The molecule has 0 bridgehead atoms. The third kappa shape index (κ3) is 5.12. The van der Waals surface area contributed by atoms with Gasteiger partial charge in [0.15, 0.2) is 0 Å². The maximum Gasteiger partial charge on any atom is 0.220 e. The summed E-state index contributed by atoms with van der Waals surface area (Å²) in [4.78, 5) is 0. The summed E-state index contributed by atoms with van der Waals surface area (Å²) in [6, 6.07) is 30.1. The molecule has 0 amide bonds. The highest BCUT2D eigenvalue weighted by Gasteiger charge is 2.22. The smallest absolute Gasteiger partial charge is 0.220 e. The van der Waals surface area contributed by atoms with E-state index in [0.29, 0.717) is 0 Å². The predicted octanol–water partition coefficient (Wildman–Crippen LogP) is 5.27. The van der Waals surface area contributed by atoms with Crippen LogP contribution in [0, 0.1) is 0 Å².